The Balaban J connectivity index is 2.45. The summed E-state index contributed by atoms with van der Waals surface area (Å²) in [6.45, 7) is 1.87. The molecule has 0 spiro atoms. The first-order valence-electron chi connectivity index (χ1n) is 5.67. The van der Waals surface area contributed by atoms with Gasteiger partial charge in [0.15, 0.2) is 0 Å². The molecule has 3 N–H and O–H groups in total. The van der Waals surface area contributed by atoms with Crippen molar-refractivity contribution >= 4 is 5.91 Å². The molecule has 0 aromatic heterocycles. The lowest BCUT2D eigenvalue weighted by Crippen LogP contribution is -2.45. The Morgan fingerprint density at radius 1 is 1.47 bits per heavy atom. The van der Waals surface area contributed by atoms with Gasteiger partial charge in [0.25, 0.3) is 0 Å². The molecule has 1 amide bonds. The molecule has 1 aromatic rings. The van der Waals surface area contributed by atoms with E-state index >= 15 is 0 Å². The van der Waals surface area contributed by atoms with Crippen LogP contribution in [-0.2, 0) is 11.2 Å². The molecule has 1 rings (SSSR count). The topological polar surface area (TPSA) is 55.1 Å². The molecule has 90 valence electrons. The lowest BCUT2D eigenvalue weighted by molar-refractivity contribution is -0.122. The van der Waals surface area contributed by atoms with Gasteiger partial charge >= 0.3 is 0 Å². The van der Waals surface area contributed by atoms with Gasteiger partial charge in [-0.1, -0.05) is 30.3 Å². The van der Waals surface area contributed by atoms with Crippen molar-refractivity contribution < 1.29 is 4.79 Å². The summed E-state index contributed by atoms with van der Waals surface area (Å²) in [5.74, 6) is 2.35. The Morgan fingerprint density at radius 2 is 2.12 bits per heavy atom. The highest BCUT2D eigenvalue weighted by atomic mass is 16.2. The van der Waals surface area contributed by atoms with E-state index in [4.69, 9.17) is 12.2 Å². The third-order valence-corrected chi connectivity index (χ3v) is 2.45. The monoisotopic (exact) mass is 230 g/mol. The predicted octanol–water partition coefficient (Wildman–Crippen LogP) is 1.08. The number of benzene rings is 1. The lowest BCUT2D eigenvalue weighted by atomic mass is 10.1. The van der Waals surface area contributed by atoms with Crippen LogP contribution in [0.15, 0.2) is 30.3 Å². The Kier molecular flexibility index (Phi) is 5.25. The zero-order chi connectivity index (χ0) is 12.7. The van der Waals surface area contributed by atoms with Gasteiger partial charge in [-0.2, -0.15) is 0 Å². The maximum atomic E-state index is 11.7. The van der Waals surface area contributed by atoms with Gasteiger partial charge in [0.1, 0.15) is 0 Å². The first-order chi connectivity index (χ1) is 8.13. The van der Waals surface area contributed by atoms with Gasteiger partial charge in [-0.3, -0.25) is 4.79 Å². The lowest BCUT2D eigenvalue weighted by Gasteiger charge is -2.15. The summed E-state index contributed by atoms with van der Waals surface area (Å²) in [7, 11) is 0. The third-order valence-electron chi connectivity index (χ3n) is 2.45. The molecule has 1 aromatic carbocycles. The normalized spacial score (nSPS) is 13.5. The average molecular weight is 230 g/mol. The molecular formula is C14H18N2O. The van der Waals surface area contributed by atoms with Gasteiger partial charge in [0.05, 0.1) is 6.04 Å². The fourth-order valence-corrected chi connectivity index (χ4v) is 1.54. The van der Waals surface area contributed by atoms with E-state index in [2.05, 4.69) is 11.2 Å². The van der Waals surface area contributed by atoms with E-state index in [0.717, 1.165) is 5.56 Å². The number of carbonyl (C=O) groups excluding carboxylic acids is 1. The van der Waals surface area contributed by atoms with Crippen LogP contribution in [0, 0.1) is 12.3 Å². The molecule has 0 aliphatic rings. The fraction of sp³-hybridized carbons (Fsp3) is 0.357. The Morgan fingerprint density at radius 3 is 2.71 bits per heavy atom. The van der Waals surface area contributed by atoms with Crippen LogP contribution in [0.2, 0.25) is 0 Å². The van der Waals surface area contributed by atoms with Gasteiger partial charge < -0.3 is 11.1 Å². The summed E-state index contributed by atoms with van der Waals surface area (Å²) < 4.78 is 0. The van der Waals surface area contributed by atoms with Crippen LogP contribution in [0.3, 0.4) is 0 Å². The molecule has 0 aliphatic carbocycles. The van der Waals surface area contributed by atoms with Crippen molar-refractivity contribution in [2.24, 2.45) is 5.73 Å². The van der Waals surface area contributed by atoms with E-state index in [1.54, 1.807) is 0 Å². The number of nitrogens with two attached hydrogens (primary N) is 1. The second-order valence-corrected chi connectivity index (χ2v) is 4.11. The maximum Gasteiger partial charge on any atom is 0.237 e. The standard InChI is InChI=1S/C14H18N2O/c1-3-7-11(2)16-14(17)13(15)10-12-8-5-4-6-9-12/h1,4-6,8-9,11,13H,7,10,15H2,2H3,(H,16,17)/t11?,13-/m1/s1. The van der Waals surface area contributed by atoms with E-state index in [-0.39, 0.29) is 11.9 Å². The number of hydrogen-bond acceptors (Lipinski definition) is 2. The van der Waals surface area contributed by atoms with Crippen LogP contribution in [0.4, 0.5) is 0 Å². The van der Waals surface area contributed by atoms with Crippen molar-refractivity contribution in [1.29, 1.82) is 0 Å². The highest BCUT2D eigenvalue weighted by Gasteiger charge is 2.15. The van der Waals surface area contributed by atoms with Crippen molar-refractivity contribution in [2.45, 2.75) is 31.8 Å². The summed E-state index contributed by atoms with van der Waals surface area (Å²) >= 11 is 0. The molecule has 0 bridgehead atoms. The quantitative estimate of drug-likeness (QED) is 0.744. The van der Waals surface area contributed by atoms with Crippen molar-refractivity contribution in [3.8, 4) is 12.3 Å². The molecule has 2 atom stereocenters. The molecule has 0 saturated carbocycles. The van der Waals surface area contributed by atoms with Crippen molar-refractivity contribution in [3.05, 3.63) is 35.9 Å². The summed E-state index contributed by atoms with van der Waals surface area (Å²) in [5.41, 5.74) is 6.89. The van der Waals surface area contributed by atoms with Crippen LogP contribution in [0.25, 0.3) is 0 Å². The van der Waals surface area contributed by atoms with Gasteiger partial charge in [-0.05, 0) is 18.9 Å². The summed E-state index contributed by atoms with van der Waals surface area (Å²) in [4.78, 5) is 11.7. The van der Waals surface area contributed by atoms with E-state index < -0.39 is 6.04 Å². The smallest absolute Gasteiger partial charge is 0.237 e. The fourth-order valence-electron chi connectivity index (χ4n) is 1.54. The number of amides is 1. The van der Waals surface area contributed by atoms with Crippen molar-refractivity contribution in [1.82, 2.24) is 5.32 Å². The minimum Gasteiger partial charge on any atom is -0.351 e. The number of carbonyl (C=O) groups is 1. The highest BCUT2D eigenvalue weighted by molar-refractivity contribution is 5.82. The van der Waals surface area contributed by atoms with E-state index in [0.29, 0.717) is 12.8 Å². The SMILES string of the molecule is C#CCC(C)NC(=O)[C@H](N)Cc1ccccc1. The number of terminal acetylenes is 1. The molecule has 0 fully saturated rings. The first-order valence-corrected chi connectivity index (χ1v) is 5.67. The second kappa shape index (κ2) is 6.72. The Labute approximate surface area is 102 Å². The van der Waals surface area contributed by atoms with Crippen molar-refractivity contribution in [3.63, 3.8) is 0 Å². The number of rotatable bonds is 5. The van der Waals surface area contributed by atoms with E-state index in [1.165, 1.54) is 0 Å². The zero-order valence-corrected chi connectivity index (χ0v) is 10.0. The molecule has 0 saturated heterocycles. The third kappa shape index (κ3) is 4.71. The first kappa shape index (κ1) is 13.3. The molecule has 0 heterocycles. The van der Waals surface area contributed by atoms with E-state index in [1.807, 2.05) is 37.3 Å². The zero-order valence-electron chi connectivity index (χ0n) is 10.0. The Hall–Kier alpha value is -1.79. The molecule has 3 heteroatoms. The number of hydrogen-bond donors (Lipinski definition) is 2. The Bertz CT molecular complexity index is 394. The minimum atomic E-state index is -0.530. The van der Waals surface area contributed by atoms with Gasteiger partial charge in [0.2, 0.25) is 5.91 Å². The van der Waals surface area contributed by atoms with Crippen LogP contribution in [-0.4, -0.2) is 18.0 Å². The van der Waals surface area contributed by atoms with E-state index in [9.17, 15) is 4.79 Å². The number of nitrogens with one attached hydrogen (secondary N) is 1. The molecular weight excluding hydrogens is 212 g/mol. The largest absolute Gasteiger partial charge is 0.351 e. The summed E-state index contributed by atoms with van der Waals surface area (Å²) in [5, 5.41) is 2.79. The van der Waals surface area contributed by atoms with Crippen LogP contribution >= 0.6 is 0 Å². The van der Waals surface area contributed by atoms with Gasteiger partial charge in [0, 0.05) is 12.5 Å². The molecule has 0 aliphatic heterocycles. The molecule has 1 unspecified atom stereocenters. The molecule has 17 heavy (non-hydrogen) atoms. The van der Waals surface area contributed by atoms with Crippen LogP contribution in [0.1, 0.15) is 18.9 Å². The second-order valence-electron chi connectivity index (χ2n) is 4.11. The summed E-state index contributed by atoms with van der Waals surface area (Å²) in [6, 6.07) is 9.15. The van der Waals surface area contributed by atoms with Crippen molar-refractivity contribution in [2.75, 3.05) is 0 Å². The molecule has 3 nitrogen and oxygen atoms in total. The summed E-state index contributed by atoms with van der Waals surface area (Å²) in [6.07, 6.45) is 6.23. The van der Waals surface area contributed by atoms with Crippen LogP contribution in [0.5, 0.6) is 0 Å². The van der Waals surface area contributed by atoms with Gasteiger partial charge in [-0.15, -0.1) is 12.3 Å². The predicted molar refractivity (Wildman–Crippen MR) is 69.2 cm³/mol. The minimum absolute atomic E-state index is 0.0330. The maximum absolute atomic E-state index is 11.7. The average Bonchev–Trinajstić information content (AvgIpc) is 2.30. The van der Waals surface area contributed by atoms with Gasteiger partial charge in [-0.25, -0.2) is 0 Å². The highest BCUT2D eigenvalue weighted by Crippen LogP contribution is 2.02. The molecule has 0 radical (unpaired) electrons. The van der Waals surface area contributed by atoms with Crippen LogP contribution < -0.4 is 11.1 Å².